The van der Waals surface area contributed by atoms with Gasteiger partial charge in [-0.3, -0.25) is 0 Å². The van der Waals surface area contributed by atoms with Crippen LogP contribution in [0.25, 0.3) is 5.65 Å². The molecule has 1 unspecified atom stereocenters. The largest absolute Gasteiger partial charge is 0.375 e. The number of para-hydroxylation sites is 1. The zero-order valence-corrected chi connectivity index (χ0v) is 10.5. The minimum absolute atomic E-state index is 0.140. The van der Waals surface area contributed by atoms with Gasteiger partial charge in [0.2, 0.25) is 0 Å². The van der Waals surface area contributed by atoms with E-state index in [0.717, 1.165) is 23.6 Å². The summed E-state index contributed by atoms with van der Waals surface area (Å²) in [5, 5.41) is 16.4. The lowest BCUT2D eigenvalue weighted by Crippen LogP contribution is -2.12. The Morgan fingerprint density at radius 3 is 2.95 bits per heavy atom. The highest BCUT2D eigenvalue weighted by atomic mass is 15.4. The third-order valence-corrected chi connectivity index (χ3v) is 3.50. The number of nitrogens with zero attached hydrogens (tertiary/aromatic N) is 4. The van der Waals surface area contributed by atoms with Crippen molar-refractivity contribution < 1.29 is 0 Å². The molecule has 1 N–H and O–H groups in total. The summed E-state index contributed by atoms with van der Waals surface area (Å²) in [6.07, 6.45) is 0.923. The predicted molar refractivity (Wildman–Crippen MR) is 72.0 cm³/mol. The van der Waals surface area contributed by atoms with E-state index in [0.29, 0.717) is 0 Å². The first-order valence-electron chi connectivity index (χ1n) is 6.35. The number of anilines is 1. The van der Waals surface area contributed by atoms with Gasteiger partial charge in [-0.1, -0.05) is 18.2 Å². The van der Waals surface area contributed by atoms with Crippen molar-refractivity contribution in [3.05, 3.63) is 53.5 Å². The Bertz CT molecular complexity index is 736. The molecule has 0 spiro atoms. The Kier molecular flexibility index (Phi) is 2.09. The molecule has 3 heterocycles. The standard InChI is InChI=1S/C14H13N5/c1-9-6-7-13-16-17-14(19(13)18-9)12-8-10-4-2-3-5-11(10)15-12/h2-7,12,15H,8H2,1H3. The van der Waals surface area contributed by atoms with E-state index in [4.69, 9.17) is 0 Å². The molecule has 0 aliphatic carbocycles. The first-order chi connectivity index (χ1) is 9.31. The van der Waals surface area contributed by atoms with Crippen molar-refractivity contribution in [3.8, 4) is 0 Å². The normalized spacial score (nSPS) is 17.4. The van der Waals surface area contributed by atoms with Crippen LogP contribution in [-0.4, -0.2) is 19.8 Å². The molecule has 1 aromatic carbocycles. The Morgan fingerprint density at radius 1 is 1.16 bits per heavy atom. The number of benzene rings is 1. The summed E-state index contributed by atoms with van der Waals surface area (Å²) < 4.78 is 1.83. The number of hydrogen-bond donors (Lipinski definition) is 1. The molecule has 2 aromatic heterocycles. The minimum atomic E-state index is 0.140. The zero-order valence-electron chi connectivity index (χ0n) is 10.5. The summed E-state index contributed by atoms with van der Waals surface area (Å²) in [6, 6.07) is 12.4. The molecule has 94 valence electrons. The van der Waals surface area contributed by atoms with Gasteiger partial charge in [-0.2, -0.15) is 9.61 Å². The predicted octanol–water partition coefficient (Wildman–Crippen LogP) is 2.14. The highest BCUT2D eigenvalue weighted by molar-refractivity contribution is 5.57. The smallest absolute Gasteiger partial charge is 0.178 e. The van der Waals surface area contributed by atoms with E-state index in [1.54, 1.807) is 0 Å². The summed E-state index contributed by atoms with van der Waals surface area (Å²) in [5.41, 5.74) is 4.25. The van der Waals surface area contributed by atoms with Crippen molar-refractivity contribution in [2.24, 2.45) is 0 Å². The molecule has 0 fully saturated rings. The number of hydrogen-bond acceptors (Lipinski definition) is 4. The van der Waals surface area contributed by atoms with Gasteiger partial charge in [-0.15, -0.1) is 10.2 Å². The lowest BCUT2D eigenvalue weighted by atomic mass is 10.1. The average molecular weight is 251 g/mol. The zero-order chi connectivity index (χ0) is 12.8. The molecule has 1 aliphatic rings. The second-order valence-corrected chi connectivity index (χ2v) is 4.86. The monoisotopic (exact) mass is 251 g/mol. The summed E-state index contributed by atoms with van der Waals surface area (Å²) in [5.74, 6) is 0.870. The summed E-state index contributed by atoms with van der Waals surface area (Å²) in [6.45, 7) is 1.97. The maximum Gasteiger partial charge on any atom is 0.178 e. The molecule has 0 amide bonds. The van der Waals surface area contributed by atoms with Gasteiger partial charge in [0.15, 0.2) is 11.5 Å². The first kappa shape index (κ1) is 10.5. The van der Waals surface area contributed by atoms with Crippen molar-refractivity contribution in [1.82, 2.24) is 19.8 Å². The molecule has 0 saturated heterocycles. The van der Waals surface area contributed by atoms with Crippen LogP contribution in [0.2, 0.25) is 0 Å². The van der Waals surface area contributed by atoms with E-state index < -0.39 is 0 Å². The summed E-state index contributed by atoms with van der Waals surface area (Å²) >= 11 is 0. The second-order valence-electron chi connectivity index (χ2n) is 4.86. The van der Waals surface area contributed by atoms with Gasteiger partial charge in [0.25, 0.3) is 0 Å². The van der Waals surface area contributed by atoms with Crippen molar-refractivity contribution in [2.75, 3.05) is 5.32 Å². The van der Waals surface area contributed by atoms with E-state index >= 15 is 0 Å². The number of nitrogens with one attached hydrogen (secondary N) is 1. The van der Waals surface area contributed by atoms with E-state index in [9.17, 15) is 0 Å². The fourth-order valence-electron chi connectivity index (χ4n) is 2.57. The van der Waals surface area contributed by atoms with E-state index in [2.05, 4.69) is 38.8 Å². The number of fused-ring (bicyclic) bond motifs is 2. The summed E-state index contributed by atoms with van der Waals surface area (Å²) in [4.78, 5) is 0. The first-order valence-corrected chi connectivity index (χ1v) is 6.35. The van der Waals surface area contributed by atoms with Gasteiger partial charge in [-0.05, 0) is 30.7 Å². The number of aryl methyl sites for hydroxylation is 1. The molecular weight excluding hydrogens is 238 g/mol. The average Bonchev–Trinajstić information content (AvgIpc) is 3.00. The van der Waals surface area contributed by atoms with Gasteiger partial charge >= 0.3 is 0 Å². The molecule has 5 heteroatoms. The quantitative estimate of drug-likeness (QED) is 0.720. The lowest BCUT2D eigenvalue weighted by molar-refractivity contribution is 0.698. The Morgan fingerprint density at radius 2 is 2.05 bits per heavy atom. The molecular formula is C14H13N5. The number of aromatic nitrogens is 4. The molecule has 0 bridgehead atoms. The summed E-state index contributed by atoms with van der Waals surface area (Å²) in [7, 11) is 0. The second kappa shape index (κ2) is 3.78. The van der Waals surface area contributed by atoms with Crippen LogP contribution in [0.3, 0.4) is 0 Å². The van der Waals surface area contributed by atoms with Crippen molar-refractivity contribution in [3.63, 3.8) is 0 Å². The van der Waals surface area contributed by atoms with E-state index in [1.165, 1.54) is 11.3 Å². The Balaban J connectivity index is 1.79. The van der Waals surface area contributed by atoms with E-state index in [-0.39, 0.29) is 6.04 Å². The molecule has 0 radical (unpaired) electrons. The third kappa shape index (κ3) is 1.58. The van der Waals surface area contributed by atoms with Crippen LogP contribution in [0.4, 0.5) is 5.69 Å². The highest BCUT2D eigenvalue weighted by Crippen LogP contribution is 2.32. The van der Waals surface area contributed by atoms with Crippen LogP contribution in [0.15, 0.2) is 36.4 Å². The van der Waals surface area contributed by atoms with Crippen LogP contribution in [0.1, 0.15) is 23.1 Å². The van der Waals surface area contributed by atoms with Crippen LogP contribution in [-0.2, 0) is 6.42 Å². The van der Waals surface area contributed by atoms with Gasteiger partial charge in [0.05, 0.1) is 11.7 Å². The lowest BCUT2D eigenvalue weighted by Gasteiger charge is -2.08. The maximum atomic E-state index is 4.49. The molecule has 19 heavy (non-hydrogen) atoms. The van der Waals surface area contributed by atoms with Crippen molar-refractivity contribution >= 4 is 11.3 Å². The molecule has 1 atom stereocenters. The fraction of sp³-hybridized carbons (Fsp3) is 0.214. The fourth-order valence-corrected chi connectivity index (χ4v) is 2.57. The third-order valence-electron chi connectivity index (χ3n) is 3.50. The molecule has 0 saturated carbocycles. The molecule has 5 nitrogen and oxygen atoms in total. The van der Waals surface area contributed by atoms with Gasteiger partial charge < -0.3 is 5.32 Å². The highest BCUT2D eigenvalue weighted by Gasteiger charge is 2.26. The SMILES string of the molecule is Cc1ccc2nnc(C3Cc4ccccc4N3)n2n1. The van der Waals surface area contributed by atoms with Crippen LogP contribution < -0.4 is 5.32 Å². The molecule has 1 aliphatic heterocycles. The van der Waals surface area contributed by atoms with Crippen LogP contribution >= 0.6 is 0 Å². The van der Waals surface area contributed by atoms with Crippen LogP contribution in [0.5, 0.6) is 0 Å². The van der Waals surface area contributed by atoms with Gasteiger partial charge in [0.1, 0.15) is 0 Å². The van der Waals surface area contributed by atoms with E-state index in [1.807, 2.05) is 29.6 Å². The Hall–Kier alpha value is -2.43. The molecule has 3 aromatic rings. The number of rotatable bonds is 1. The van der Waals surface area contributed by atoms with Crippen molar-refractivity contribution in [1.29, 1.82) is 0 Å². The Labute approximate surface area is 110 Å². The molecule has 4 rings (SSSR count). The van der Waals surface area contributed by atoms with Gasteiger partial charge in [-0.25, -0.2) is 0 Å². The minimum Gasteiger partial charge on any atom is -0.375 e. The van der Waals surface area contributed by atoms with Gasteiger partial charge in [0, 0.05) is 12.1 Å². The van der Waals surface area contributed by atoms with Crippen LogP contribution in [0, 0.1) is 6.92 Å². The maximum absolute atomic E-state index is 4.49. The topological polar surface area (TPSA) is 55.1 Å². The van der Waals surface area contributed by atoms with Crippen molar-refractivity contribution in [2.45, 2.75) is 19.4 Å².